The second kappa shape index (κ2) is 5.60. The molecular formula is C10H18N4O2. The van der Waals surface area contributed by atoms with Crippen LogP contribution in [0.5, 0.6) is 0 Å². The van der Waals surface area contributed by atoms with Gasteiger partial charge in [0, 0.05) is 0 Å². The second-order valence-electron chi connectivity index (χ2n) is 3.84. The second-order valence-corrected chi connectivity index (χ2v) is 3.84. The zero-order valence-electron chi connectivity index (χ0n) is 9.93. The molecule has 1 heterocycles. The van der Waals surface area contributed by atoms with E-state index in [9.17, 15) is 4.79 Å². The van der Waals surface area contributed by atoms with Crippen LogP contribution in [0.4, 0.5) is 0 Å². The van der Waals surface area contributed by atoms with Crippen LogP contribution in [0, 0.1) is 0 Å². The molecule has 0 radical (unpaired) electrons. The average Bonchev–Trinajstić information content (AvgIpc) is 2.77. The third-order valence-corrected chi connectivity index (χ3v) is 2.35. The van der Waals surface area contributed by atoms with Gasteiger partial charge in [-0.25, -0.2) is 9.78 Å². The van der Waals surface area contributed by atoms with E-state index >= 15 is 0 Å². The maximum Gasteiger partial charge on any atom is 0.327 e. The number of hydrogen-bond donors (Lipinski definition) is 1. The van der Waals surface area contributed by atoms with Crippen molar-refractivity contribution in [3.63, 3.8) is 0 Å². The van der Waals surface area contributed by atoms with Crippen molar-refractivity contribution in [2.45, 2.75) is 32.4 Å². The van der Waals surface area contributed by atoms with Gasteiger partial charge in [-0.1, -0.05) is 6.92 Å². The van der Waals surface area contributed by atoms with Crippen molar-refractivity contribution < 1.29 is 9.53 Å². The van der Waals surface area contributed by atoms with Crippen molar-refractivity contribution in [1.29, 1.82) is 0 Å². The lowest BCUT2D eigenvalue weighted by Crippen LogP contribution is -2.53. The van der Waals surface area contributed by atoms with Crippen molar-refractivity contribution in [3.05, 3.63) is 12.7 Å². The molecule has 1 aromatic rings. The number of carbonyl (C=O) groups excluding carboxylic acids is 1. The highest BCUT2D eigenvalue weighted by atomic mass is 16.5. The molecule has 1 rings (SSSR count). The fourth-order valence-corrected chi connectivity index (χ4v) is 1.46. The molecule has 1 N–H and O–H groups in total. The van der Waals surface area contributed by atoms with E-state index in [2.05, 4.69) is 15.4 Å². The van der Waals surface area contributed by atoms with E-state index in [0.29, 0.717) is 6.54 Å². The summed E-state index contributed by atoms with van der Waals surface area (Å²) in [4.78, 5) is 15.6. The lowest BCUT2D eigenvalue weighted by molar-refractivity contribution is -0.148. The normalized spacial score (nSPS) is 14.4. The minimum Gasteiger partial charge on any atom is -0.468 e. The van der Waals surface area contributed by atoms with Crippen LogP contribution in [0.25, 0.3) is 0 Å². The highest BCUT2D eigenvalue weighted by Crippen LogP contribution is 2.09. The molecule has 0 spiro atoms. The van der Waals surface area contributed by atoms with Crippen LogP contribution in [0.15, 0.2) is 12.7 Å². The zero-order chi connectivity index (χ0) is 12.0. The summed E-state index contributed by atoms with van der Waals surface area (Å²) in [5.41, 5.74) is -0.765. The van der Waals surface area contributed by atoms with Gasteiger partial charge in [0.2, 0.25) is 0 Å². The highest BCUT2D eigenvalue weighted by Gasteiger charge is 2.34. The predicted octanol–water partition coefficient (Wildman–Crippen LogP) is 0.209. The number of hydrogen-bond acceptors (Lipinski definition) is 5. The average molecular weight is 226 g/mol. The van der Waals surface area contributed by atoms with Gasteiger partial charge >= 0.3 is 5.97 Å². The number of nitrogens with zero attached hydrogens (tertiary/aromatic N) is 3. The molecular weight excluding hydrogens is 208 g/mol. The lowest BCUT2D eigenvalue weighted by Gasteiger charge is -2.27. The number of ether oxygens (including phenoxy) is 1. The molecule has 0 saturated heterocycles. The standard InChI is InChI=1S/C10H18N4O2/c1-4-5-12-10(2,9(15)16-3)6-14-8-11-7-13-14/h7-8,12H,4-6H2,1-3H3. The lowest BCUT2D eigenvalue weighted by atomic mass is 10.0. The summed E-state index contributed by atoms with van der Waals surface area (Å²) in [6, 6.07) is 0. The van der Waals surface area contributed by atoms with Crippen molar-refractivity contribution >= 4 is 5.97 Å². The third kappa shape index (κ3) is 3.03. The van der Waals surface area contributed by atoms with Crippen LogP contribution < -0.4 is 5.32 Å². The first-order chi connectivity index (χ1) is 7.62. The molecule has 0 aliphatic rings. The molecule has 1 atom stereocenters. The maximum atomic E-state index is 11.7. The van der Waals surface area contributed by atoms with Gasteiger partial charge in [0.25, 0.3) is 0 Å². The minimum atomic E-state index is -0.765. The van der Waals surface area contributed by atoms with Gasteiger partial charge in [0.1, 0.15) is 18.2 Å². The summed E-state index contributed by atoms with van der Waals surface area (Å²) in [5.74, 6) is -0.295. The Kier molecular flexibility index (Phi) is 4.42. The molecule has 0 amide bonds. The van der Waals surface area contributed by atoms with E-state index in [1.807, 2.05) is 6.92 Å². The molecule has 0 aliphatic heterocycles. The molecule has 6 nitrogen and oxygen atoms in total. The predicted molar refractivity (Wildman–Crippen MR) is 58.7 cm³/mol. The molecule has 16 heavy (non-hydrogen) atoms. The van der Waals surface area contributed by atoms with E-state index in [4.69, 9.17) is 4.74 Å². The molecule has 0 aromatic carbocycles. The Labute approximate surface area is 95.0 Å². The van der Waals surface area contributed by atoms with Crippen LogP contribution in [0.3, 0.4) is 0 Å². The van der Waals surface area contributed by atoms with Gasteiger partial charge in [-0.05, 0) is 19.9 Å². The van der Waals surface area contributed by atoms with Crippen LogP contribution >= 0.6 is 0 Å². The molecule has 0 aliphatic carbocycles. The van der Waals surface area contributed by atoms with Crippen molar-refractivity contribution in [1.82, 2.24) is 20.1 Å². The Hall–Kier alpha value is -1.43. The summed E-state index contributed by atoms with van der Waals surface area (Å²) >= 11 is 0. The summed E-state index contributed by atoms with van der Waals surface area (Å²) < 4.78 is 6.41. The SMILES string of the molecule is CCCNC(C)(Cn1cncn1)C(=O)OC. The topological polar surface area (TPSA) is 69.0 Å². The van der Waals surface area contributed by atoms with Gasteiger partial charge in [-0.15, -0.1) is 0 Å². The quantitative estimate of drug-likeness (QED) is 0.702. The number of carbonyl (C=O) groups is 1. The zero-order valence-corrected chi connectivity index (χ0v) is 9.93. The first-order valence-corrected chi connectivity index (χ1v) is 5.28. The molecule has 0 saturated carbocycles. The Morgan fingerprint density at radius 2 is 2.38 bits per heavy atom. The number of esters is 1. The summed E-state index contributed by atoms with van der Waals surface area (Å²) in [6.07, 6.45) is 3.97. The van der Waals surface area contributed by atoms with E-state index in [1.165, 1.54) is 13.4 Å². The van der Waals surface area contributed by atoms with Crippen molar-refractivity contribution in [2.24, 2.45) is 0 Å². The van der Waals surface area contributed by atoms with E-state index in [1.54, 1.807) is 17.9 Å². The first kappa shape index (κ1) is 12.6. The Bertz CT molecular complexity index is 326. The number of aromatic nitrogens is 3. The van der Waals surface area contributed by atoms with E-state index in [-0.39, 0.29) is 5.97 Å². The molecule has 1 unspecified atom stereocenters. The van der Waals surface area contributed by atoms with Crippen LogP contribution in [0.1, 0.15) is 20.3 Å². The van der Waals surface area contributed by atoms with Crippen LogP contribution in [0.2, 0.25) is 0 Å². The first-order valence-electron chi connectivity index (χ1n) is 5.28. The molecule has 0 bridgehead atoms. The fourth-order valence-electron chi connectivity index (χ4n) is 1.46. The van der Waals surface area contributed by atoms with Gasteiger partial charge < -0.3 is 10.1 Å². The Morgan fingerprint density at radius 1 is 1.62 bits per heavy atom. The largest absolute Gasteiger partial charge is 0.468 e. The van der Waals surface area contributed by atoms with Gasteiger partial charge in [0.05, 0.1) is 13.7 Å². The van der Waals surface area contributed by atoms with Crippen molar-refractivity contribution in [2.75, 3.05) is 13.7 Å². The van der Waals surface area contributed by atoms with E-state index in [0.717, 1.165) is 13.0 Å². The van der Waals surface area contributed by atoms with Crippen molar-refractivity contribution in [3.8, 4) is 0 Å². The fraction of sp³-hybridized carbons (Fsp3) is 0.700. The van der Waals surface area contributed by atoms with E-state index < -0.39 is 5.54 Å². The van der Waals surface area contributed by atoms with Gasteiger partial charge in [-0.2, -0.15) is 5.10 Å². The molecule has 0 fully saturated rings. The number of methoxy groups -OCH3 is 1. The van der Waals surface area contributed by atoms with Gasteiger partial charge in [-0.3, -0.25) is 4.68 Å². The summed E-state index contributed by atoms with van der Waals surface area (Å²) in [5, 5.41) is 7.16. The monoisotopic (exact) mass is 226 g/mol. The Balaban J connectivity index is 2.73. The minimum absolute atomic E-state index is 0.295. The Morgan fingerprint density at radius 3 is 2.88 bits per heavy atom. The van der Waals surface area contributed by atoms with Gasteiger partial charge in [0.15, 0.2) is 0 Å². The van der Waals surface area contributed by atoms with Crippen LogP contribution in [-0.2, 0) is 16.1 Å². The number of nitrogens with one attached hydrogen (secondary N) is 1. The summed E-state index contributed by atoms with van der Waals surface area (Å²) in [7, 11) is 1.38. The molecule has 6 heteroatoms. The summed E-state index contributed by atoms with van der Waals surface area (Å²) in [6.45, 7) is 5.00. The molecule has 1 aromatic heterocycles. The smallest absolute Gasteiger partial charge is 0.327 e. The highest BCUT2D eigenvalue weighted by molar-refractivity contribution is 5.80. The molecule has 90 valence electrons. The third-order valence-electron chi connectivity index (χ3n) is 2.35. The number of rotatable bonds is 6. The maximum absolute atomic E-state index is 11.7. The van der Waals surface area contributed by atoms with Crippen LogP contribution in [-0.4, -0.2) is 39.9 Å².